The molecule has 3 rings (SSSR count). The lowest BCUT2D eigenvalue weighted by Gasteiger charge is -2.26. The molecule has 3 heterocycles. The van der Waals surface area contributed by atoms with Gasteiger partial charge in [-0.15, -0.1) is 0 Å². The van der Waals surface area contributed by atoms with Crippen LogP contribution in [0.3, 0.4) is 0 Å². The summed E-state index contributed by atoms with van der Waals surface area (Å²) in [6, 6.07) is 5.59. The molecule has 2 amide bonds. The molecule has 6 heteroatoms. The molecule has 1 fully saturated rings. The zero-order chi connectivity index (χ0) is 15.2. The Kier molecular flexibility index (Phi) is 4.80. The van der Waals surface area contributed by atoms with Crippen LogP contribution in [0.5, 0.6) is 0 Å². The van der Waals surface area contributed by atoms with Gasteiger partial charge in [-0.2, -0.15) is 0 Å². The van der Waals surface area contributed by atoms with Gasteiger partial charge in [0.25, 0.3) is 0 Å². The first-order valence-corrected chi connectivity index (χ1v) is 7.63. The van der Waals surface area contributed by atoms with E-state index < -0.39 is 0 Å². The predicted molar refractivity (Wildman–Crippen MR) is 81.2 cm³/mol. The number of amides is 2. The molecule has 118 valence electrons. The number of rotatable bonds is 6. The number of carbonyl (C=O) groups excluding carboxylic acids is 1. The Labute approximate surface area is 129 Å². The van der Waals surface area contributed by atoms with Gasteiger partial charge in [-0.25, -0.2) is 4.79 Å². The van der Waals surface area contributed by atoms with E-state index in [1.807, 2.05) is 18.2 Å². The van der Waals surface area contributed by atoms with Crippen LogP contribution in [-0.2, 0) is 6.54 Å². The Bertz CT molecular complexity index is 559. The highest BCUT2D eigenvalue weighted by atomic mass is 16.3. The predicted octanol–water partition coefficient (Wildman–Crippen LogP) is 2.51. The smallest absolute Gasteiger partial charge is 0.315 e. The molecule has 1 unspecified atom stereocenters. The maximum Gasteiger partial charge on any atom is 0.315 e. The van der Waals surface area contributed by atoms with Crippen LogP contribution in [0.25, 0.3) is 0 Å². The van der Waals surface area contributed by atoms with E-state index in [4.69, 9.17) is 8.83 Å². The monoisotopic (exact) mass is 303 g/mol. The SMILES string of the molecule is O=C(NCc1ccoc1)NCC(c1ccco1)N1CCCC1. The number of carbonyl (C=O) groups is 1. The second-order valence-corrected chi connectivity index (χ2v) is 5.47. The quantitative estimate of drug-likeness (QED) is 0.860. The first-order chi connectivity index (χ1) is 10.8. The van der Waals surface area contributed by atoms with Crippen molar-refractivity contribution in [1.29, 1.82) is 0 Å². The maximum absolute atomic E-state index is 11.9. The van der Waals surface area contributed by atoms with E-state index in [1.54, 1.807) is 18.8 Å². The molecule has 1 aliphatic rings. The van der Waals surface area contributed by atoms with Crippen molar-refractivity contribution in [2.45, 2.75) is 25.4 Å². The fraction of sp³-hybridized carbons (Fsp3) is 0.438. The molecule has 0 aromatic carbocycles. The normalized spacial score (nSPS) is 16.5. The highest BCUT2D eigenvalue weighted by molar-refractivity contribution is 5.73. The Balaban J connectivity index is 1.51. The Hall–Kier alpha value is -2.21. The second-order valence-electron chi connectivity index (χ2n) is 5.47. The van der Waals surface area contributed by atoms with Crippen molar-refractivity contribution in [3.8, 4) is 0 Å². The number of nitrogens with one attached hydrogen (secondary N) is 2. The summed E-state index contributed by atoms with van der Waals surface area (Å²) >= 11 is 0. The van der Waals surface area contributed by atoms with Gasteiger partial charge in [0.15, 0.2) is 0 Å². The molecule has 1 atom stereocenters. The van der Waals surface area contributed by atoms with E-state index in [0.717, 1.165) is 24.4 Å². The number of urea groups is 1. The molecule has 1 saturated heterocycles. The van der Waals surface area contributed by atoms with Gasteiger partial charge in [-0.05, 0) is 44.1 Å². The fourth-order valence-electron chi connectivity index (χ4n) is 2.77. The third kappa shape index (κ3) is 3.71. The fourth-order valence-corrected chi connectivity index (χ4v) is 2.77. The lowest BCUT2D eigenvalue weighted by Crippen LogP contribution is -2.41. The van der Waals surface area contributed by atoms with Gasteiger partial charge in [0.2, 0.25) is 0 Å². The Morgan fingerprint density at radius 2 is 2.09 bits per heavy atom. The molecular formula is C16H21N3O3. The van der Waals surface area contributed by atoms with Gasteiger partial charge in [-0.3, -0.25) is 4.90 Å². The standard InChI is InChI=1S/C16H21N3O3/c20-16(17-10-13-5-9-21-12-13)18-11-14(15-4-3-8-22-15)19-6-1-2-7-19/h3-5,8-9,12,14H,1-2,6-7,10-11H2,(H2,17,18,20). The van der Waals surface area contributed by atoms with Crippen molar-refractivity contribution in [3.63, 3.8) is 0 Å². The van der Waals surface area contributed by atoms with Gasteiger partial charge in [0, 0.05) is 18.7 Å². The van der Waals surface area contributed by atoms with E-state index in [-0.39, 0.29) is 12.1 Å². The Morgan fingerprint density at radius 3 is 2.77 bits per heavy atom. The molecule has 0 aliphatic carbocycles. The van der Waals surface area contributed by atoms with Crippen molar-refractivity contribution in [2.75, 3.05) is 19.6 Å². The number of nitrogens with zero attached hydrogens (tertiary/aromatic N) is 1. The van der Waals surface area contributed by atoms with Crippen LogP contribution >= 0.6 is 0 Å². The second kappa shape index (κ2) is 7.17. The molecule has 6 nitrogen and oxygen atoms in total. The summed E-state index contributed by atoms with van der Waals surface area (Å²) in [4.78, 5) is 14.3. The number of likely N-dealkylation sites (tertiary alicyclic amines) is 1. The van der Waals surface area contributed by atoms with Crippen molar-refractivity contribution in [1.82, 2.24) is 15.5 Å². The van der Waals surface area contributed by atoms with Gasteiger partial charge in [0.05, 0.1) is 24.8 Å². The van der Waals surface area contributed by atoms with Crippen LogP contribution in [0.2, 0.25) is 0 Å². The van der Waals surface area contributed by atoms with Crippen molar-refractivity contribution in [3.05, 3.63) is 48.3 Å². The molecule has 2 aromatic heterocycles. The van der Waals surface area contributed by atoms with Crippen molar-refractivity contribution < 1.29 is 13.6 Å². The lowest BCUT2D eigenvalue weighted by atomic mass is 10.2. The largest absolute Gasteiger partial charge is 0.472 e. The molecular weight excluding hydrogens is 282 g/mol. The van der Waals surface area contributed by atoms with Crippen LogP contribution in [0.15, 0.2) is 45.8 Å². The minimum atomic E-state index is -0.183. The van der Waals surface area contributed by atoms with Crippen LogP contribution in [0, 0.1) is 0 Å². The minimum Gasteiger partial charge on any atom is -0.472 e. The summed E-state index contributed by atoms with van der Waals surface area (Å²) in [6.45, 7) is 3.08. The Morgan fingerprint density at radius 1 is 1.23 bits per heavy atom. The highest BCUT2D eigenvalue weighted by Gasteiger charge is 2.25. The maximum atomic E-state index is 11.9. The van der Waals surface area contributed by atoms with Crippen molar-refractivity contribution in [2.24, 2.45) is 0 Å². The van der Waals surface area contributed by atoms with E-state index in [2.05, 4.69) is 15.5 Å². The molecule has 2 aromatic rings. The summed E-state index contributed by atoms with van der Waals surface area (Å²) in [5.41, 5.74) is 0.942. The zero-order valence-electron chi connectivity index (χ0n) is 12.5. The summed E-state index contributed by atoms with van der Waals surface area (Å²) in [7, 11) is 0. The molecule has 1 aliphatic heterocycles. The van der Waals surface area contributed by atoms with Crippen LogP contribution in [-0.4, -0.2) is 30.6 Å². The lowest BCUT2D eigenvalue weighted by molar-refractivity contribution is 0.203. The number of furan rings is 2. The van der Waals surface area contributed by atoms with Gasteiger partial charge >= 0.3 is 6.03 Å². The molecule has 22 heavy (non-hydrogen) atoms. The summed E-state index contributed by atoms with van der Waals surface area (Å²) in [5.74, 6) is 0.900. The zero-order valence-corrected chi connectivity index (χ0v) is 12.5. The summed E-state index contributed by atoms with van der Waals surface area (Å²) < 4.78 is 10.5. The first kappa shape index (κ1) is 14.7. The third-order valence-electron chi connectivity index (χ3n) is 3.94. The molecule has 2 N–H and O–H groups in total. The van der Waals surface area contributed by atoms with Crippen molar-refractivity contribution >= 4 is 6.03 Å². The third-order valence-corrected chi connectivity index (χ3v) is 3.94. The molecule has 0 spiro atoms. The van der Waals surface area contributed by atoms with Gasteiger partial charge in [-0.1, -0.05) is 0 Å². The summed E-state index contributed by atoms with van der Waals surface area (Å²) in [6.07, 6.45) is 7.29. The molecule has 0 bridgehead atoms. The van der Waals surface area contributed by atoms with E-state index in [0.29, 0.717) is 13.1 Å². The number of hydrogen-bond donors (Lipinski definition) is 2. The van der Waals surface area contributed by atoms with Gasteiger partial charge < -0.3 is 19.5 Å². The van der Waals surface area contributed by atoms with E-state index in [1.165, 1.54) is 12.8 Å². The van der Waals surface area contributed by atoms with Crippen LogP contribution < -0.4 is 10.6 Å². The topological polar surface area (TPSA) is 70.6 Å². The van der Waals surface area contributed by atoms with Crippen LogP contribution in [0.4, 0.5) is 4.79 Å². The van der Waals surface area contributed by atoms with Crippen LogP contribution in [0.1, 0.15) is 30.2 Å². The van der Waals surface area contributed by atoms with E-state index in [9.17, 15) is 4.79 Å². The van der Waals surface area contributed by atoms with E-state index >= 15 is 0 Å². The first-order valence-electron chi connectivity index (χ1n) is 7.63. The van der Waals surface area contributed by atoms with Gasteiger partial charge in [0.1, 0.15) is 5.76 Å². The molecule has 0 saturated carbocycles. The highest BCUT2D eigenvalue weighted by Crippen LogP contribution is 2.24. The average Bonchev–Trinajstić information content (AvgIpc) is 3.27. The summed E-state index contributed by atoms with van der Waals surface area (Å²) in [5, 5.41) is 5.75. The minimum absolute atomic E-state index is 0.0946. The average molecular weight is 303 g/mol. The molecule has 0 radical (unpaired) electrons. The number of hydrogen-bond acceptors (Lipinski definition) is 4.